The molecule has 1 rings (SSSR count). The van der Waals surface area contributed by atoms with Gasteiger partial charge in [-0.1, -0.05) is 17.7 Å². The van der Waals surface area contributed by atoms with Crippen LogP contribution in [0.25, 0.3) is 0 Å². The van der Waals surface area contributed by atoms with Crippen LogP contribution < -0.4 is 5.73 Å². The maximum absolute atomic E-state index is 11.7. The Balaban J connectivity index is 2.49. The highest BCUT2D eigenvalue weighted by Gasteiger charge is 2.14. The van der Waals surface area contributed by atoms with Gasteiger partial charge in [-0.2, -0.15) is 0 Å². The number of hydrogen-bond acceptors (Lipinski definition) is 4. The van der Waals surface area contributed by atoms with Crippen LogP contribution in [0.5, 0.6) is 0 Å². The molecule has 4 nitrogen and oxygen atoms in total. The Morgan fingerprint density at radius 3 is 2.61 bits per heavy atom. The van der Waals surface area contributed by atoms with E-state index in [2.05, 4.69) is 0 Å². The van der Waals surface area contributed by atoms with E-state index in [1.165, 1.54) is 0 Å². The van der Waals surface area contributed by atoms with E-state index in [1.54, 1.807) is 18.2 Å². The zero-order valence-corrected chi connectivity index (χ0v) is 11.6. The fourth-order valence-corrected chi connectivity index (χ4v) is 1.47. The monoisotopic (exact) mass is 271 g/mol. The lowest BCUT2D eigenvalue weighted by molar-refractivity contribution is -0.0281. The van der Waals surface area contributed by atoms with E-state index in [1.807, 2.05) is 20.8 Å². The number of halogens is 1. The van der Waals surface area contributed by atoms with Gasteiger partial charge in [0.25, 0.3) is 0 Å². The number of esters is 1. The van der Waals surface area contributed by atoms with Gasteiger partial charge in [0, 0.05) is 0 Å². The van der Waals surface area contributed by atoms with Crippen molar-refractivity contribution in [2.24, 2.45) is 0 Å². The van der Waals surface area contributed by atoms with Crippen molar-refractivity contribution in [1.82, 2.24) is 0 Å². The topological polar surface area (TPSA) is 61.5 Å². The van der Waals surface area contributed by atoms with Crippen LogP contribution >= 0.6 is 11.6 Å². The van der Waals surface area contributed by atoms with Crippen molar-refractivity contribution < 1.29 is 14.3 Å². The minimum Gasteiger partial charge on any atom is -0.460 e. The molecular weight excluding hydrogens is 254 g/mol. The van der Waals surface area contributed by atoms with Gasteiger partial charge >= 0.3 is 5.97 Å². The van der Waals surface area contributed by atoms with E-state index in [-0.39, 0.29) is 22.8 Å². The van der Waals surface area contributed by atoms with Crippen LogP contribution in [-0.4, -0.2) is 24.8 Å². The molecule has 0 aliphatic carbocycles. The number of nitrogens with two attached hydrogens (primary N) is 1. The molecule has 0 unspecified atom stereocenters. The summed E-state index contributed by atoms with van der Waals surface area (Å²) in [6.45, 7) is 6.33. The Bertz CT molecular complexity index is 427. The van der Waals surface area contributed by atoms with E-state index in [0.29, 0.717) is 12.3 Å². The molecule has 0 aliphatic heterocycles. The Kier molecular flexibility index (Phi) is 4.99. The smallest absolute Gasteiger partial charge is 0.339 e. The fraction of sp³-hybridized carbons (Fsp3) is 0.462. The third-order valence-electron chi connectivity index (χ3n) is 2.10. The van der Waals surface area contributed by atoms with Crippen molar-refractivity contribution in [3.8, 4) is 0 Å². The van der Waals surface area contributed by atoms with E-state index >= 15 is 0 Å². The van der Waals surface area contributed by atoms with Crippen LogP contribution in [0, 0.1) is 0 Å². The van der Waals surface area contributed by atoms with Gasteiger partial charge in [0.2, 0.25) is 0 Å². The molecule has 0 aromatic heterocycles. The molecule has 0 saturated carbocycles. The molecule has 100 valence electrons. The molecular formula is C13H18ClNO3. The second-order valence-corrected chi connectivity index (χ2v) is 5.18. The van der Waals surface area contributed by atoms with Crippen LogP contribution in [0.4, 0.5) is 5.69 Å². The van der Waals surface area contributed by atoms with Crippen LogP contribution in [0.15, 0.2) is 18.2 Å². The van der Waals surface area contributed by atoms with E-state index in [4.69, 9.17) is 26.8 Å². The number of carbonyl (C=O) groups is 1. The quantitative estimate of drug-likeness (QED) is 0.520. The first-order chi connectivity index (χ1) is 8.31. The summed E-state index contributed by atoms with van der Waals surface area (Å²) in [5.74, 6) is -0.496. The third-order valence-corrected chi connectivity index (χ3v) is 2.52. The number of anilines is 1. The van der Waals surface area contributed by atoms with Gasteiger partial charge in [-0.15, -0.1) is 0 Å². The molecule has 18 heavy (non-hydrogen) atoms. The highest BCUT2D eigenvalue weighted by Crippen LogP contribution is 2.23. The summed E-state index contributed by atoms with van der Waals surface area (Å²) in [5, 5.41) is 0.222. The summed E-state index contributed by atoms with van der Waals surface area (Å²) in [4.78, 5) is 11.7. The summed E-state index contributed by atoms with van der Waals surface area (Å²) in [6, 6.07) is 4.86. The minimum atomic E-state index is -0.496. The number of nitrogen functional groups attached to an aromatic ring is 1. The number of benzene rings is 1. The summed E-state index contributed by atoms with van der Waals surface area (Å²) in [5.41, 5.74) is 5.99. The largest absolute Gasteiger partial charge is 0.460 e. The molecule has 0 bridgehead atoms. The highest BCUT2D eigenvalue weighted by molar-refractivity contribution is 6.36. The summed E-state index contributed by atoms with van der Waals surface area (Å²) < 4.78 is 10.5. The number of rotatable bonds is 4. The molecule has 5 heteroatoms. The maximum atomic E-state index is 11.7. The molecule has 0 fully saturated rings. The average Bonchev–Trinajstić information content (AvgIpc) is 2.26. The first-order valence-electron chi connectivity index (χ1n) is 5.66. The summed E-state index contributed by atoms with van der Waals surface area (Å²) in [6.07, 6.45) is 0. The lowest BCUT2D eigenvalue weighted by Crippen LogP contribution is -2.22. The maximum Gasteiger partial charge on any atom is 0.339 e. The van der Waals surface area contributed by atoms with Crippen LogP contribution in [0.1, 0.15) is 31.1 Å². The molecule has 0 aliphatic rings. The first-order valence-corrected chi connectivity index (χ1v) is 6.04. The van der Waals surface area contributed by atoms with Gasteiger partial charge in [0.05, 0.1) is 28.5 Å². The predicted molar refractivity (Wildman–Crippen MR) is 71.9 cm³/mol. The minimum absolute atomic E-state index is 0.182. The zero-order chi connectivity index (χ0) is 13.8. The predicted octanol–water partition coefficient (Wildman–Crippen LogP) is 2.89. The Morgan fingerprint density at radius 2 is 2.00 bits per heavy atom. The molecule has 1 aromatic rings. The third kappa shape index (κ3) is 4.55. The van der Waals surface area contributed by atoms with Crippen LogP contribution in [-0.2, 0) is 9.47 Å². The highest BCUT2D eigenvalue weighted by atomic mass is 35.5. The van der Waals surface area contributed by atoms with Gasteiger partial charge < -0.3 is 15.2 Å². The van der Waals surface area contributed by atoms with Crippen molar-refractivity contribution in [3.63, 3.8) is 0 Å². The lowest BCUT2D eigenvalue weighted by Gasteiger charge is -2.19. The molecule has 0 atom stereocenters. The van der Waals surface area contributed by atoms with Gasteiger partial charge in [0.15, 0.2) is 0 Å². The average molecular weight is 272 g/mol. The summed E-state index contributed by atoms with van der Waals surface area (Å²) in [7, 11) is 0. The van der Waals surface area contributed by atoms with E-state index in [9.17, 15) is 4.79 Å². The first kappa shape index (κ1) is 14.8. The van der Waals surface area contributed by atoms with E-state index < -0.39 is 5.97 Å². The normalized spacial score (nSPS) is 11.3. The van der Waals surface area contributed by atoms with Crippen molar-refractivity contribution in [2.45, 2.75) is 26.4 Å². The standard InChI is InChI=1S/C13H18ClNO3/c1-13(2,3)18-8-7-17-12(16)9-5-4-6-10(15)11(9)14/h4-6H,7-8,15H2,1-3H3. The Hall–Kier alpha value is -1.26. The molecule has 0 heterocycles. The molecule has 1 aromatic carbocycles. The van der Waals surface area contributed by atoms with Crippen molar-refractivity contribution >= 4 is 23.3 Å². The number of carbonyl (C=O) groups excluding carboxylic acids is 1. The van der Waals surface area contributed by atoms with Gasteiger partial charge in [-0.05, 0) is 32.9 Å². The van der Waals surface area contributed by atoms with Crippen molar-refractivity contribution in [2.75, 3.05) is 18.9 Å². The lowest BCUT2D eigenvalue weighted by atomic mass is 10.2. The van der Waals surface area contributed by atoms with Crippen molar-refractivity contribution in [3.05, 3.63) is 28.8 Å². The van der Waals surface area contributed by atoms with Gasteiger partial charge in [0.1, 0.15) is 6.61 Å². The second kappa shape index (κ2) is 6.07. The molecule has 0 amide bonds. The zero-order valence-electron chi connectivity index (χ0n) is 10.8. The SMILES string of the molecule is CC(C)(C)OCCOC(=O)c1cccc(N)c1Cl. The second-order valence-electron chi connectivity index (χ2n) is 4.81. The fourth-order valence-electron chi connectivity index (χ4n) is 1.27. The van der Waals surface area contributed by atoms with Crippen LogP contribution in [0.2, 0.25) is 5.02 Å². The number of hydrogen-bond donors (Lipinski definition) is 1. The Morgan fingerprint density at radius 1 is 1.33 bits per heavy atom. The van der Waals surface area contributed by atoms with Gasteiger partial charge in [-0.25, -0.2) is 4.79 Å². The molecule has 2 N–H and O–H groups in total. The van der Waals surface area contributed by atoms with Crippen LogP contribution in [0.3, 0.4) is 0 Å². The molecule has 0 radical (unpaired) electrons. The molecule has 0 spiro atoms. The Labute approximate surface area is 112 Å². The van der Waals surface area contributed by atoms with Crippen molar-refractivity contribution in [1.29, 1.82) is 0 Å². The van der Waals surface area contributed by atoms with Gasteiger partial charge in [-0.3, -0.25) is 0 Å². The molecule has 0 saturated heterocycles. The van der Waals surface area contributed by atoms with E-state index in [0.717, 1.165) is 0 Å². The number of ether oxygens (including phenoxy) is 2. The summed E-state index contributed by atoms with van der Waals surface area (Å²) >= 11 is 5.92.